The zero-order valence-corrected chi connectivity index (χ0v) is 10.7. The highest BCUT2D eigenvalue weighted by Gasteiger charge is 1.95. The van der Waals surface area contributed by atoms with Crippen molar-refractivity contribution in [3.05, 3.63) is 60.7 Å². The largest absolute Gasteiger partial charge is 0.352 e. The summed E-state index contributed by atoms with van der Waals surface area (Å²) < 4.78 is 1.99. The topological polar surface area (TPSA) is 46.9 Å². The third-order valence-electron chi connectivity index (χ3n) is 2.68. The predicted octanol–water partition coefficient (Wildman–Crippen LogP) is 2.10. The molecular weight excluding hydrogens is 238 g/mol. The van der Waals surface area contributed by atoms with E-state index in [0.717, 1.165) is 18.5 Å². The third kappa shape index (κ3) is 4.79. The molecule has 19 heavy (non-hydrogen) atoms. The lowest BCUT2D eigenvalue weighted by atomic mass is 10.2. The molecule has 0 saturated carbocycles. The van der Waals surface area contributed by atoms with Crippen molar-refractivity contribution in [3.8, 4) is 0 Å². The molecule has 0 bridgehead atoms. The van der Waals surface area contributed by atoms with Gasteiger partial charge in [0.15, 0.2) is 0 Å². The smallest absolute Gasteiger partial charge is 0.244 e. The van der Waals surface area contributed by atoms with Crippen molar-refractivity contribution < 1.29 is 4.79 Å². The number of amides is 1. The Hall–Kier alpha value is -2.36. The van der Waals surface area contributed by atoms with Crippen molar-refractivity contribution in [1.82, 2.24) is 14.9 Å². The minimum absolute atomic E-state index is 0.0607. The number of hydrogen-bond donors (Lipinski definition) is 1. The summed E-state index contributed by atoms with van der Waals surface area (Å²) in [7, 11) is 0. The van der Waals surface area contributed by atoms with Gasteiger partial charge in [0.05, 0.1) is 6.33 Å². The maximum absolute atomic E-state index is 11.6. The Balaban J connectivity index is 1.66. The third-order valence-corrected chi connectivity index (χ3v) is 2.68. The highest BCUT2D eigenvalue weighted by Crippen LogP contribution is 2.00. The van der Waals surface area contributed by atoms with Crippen molar-refractivity contribution in [2.75, 3.05) is 6.54 Å². The summed E-state index contributed by atoms with van der Waals surface area (Å²) in [5, 5.41) is 2.86. The van der Waals surface area contributed by atoms with Gasteiger partial charge >= 0.3 is 0 Å². The minimum atomic E-state index is -0.0607. The highest BCUT2D eigenvalue weighted by atomic mass is 16.1. The molecule has 4 nitrogen and oxygen atoms in total. The van der Waals surface area contributed by atoms with Crippen molar-refractivity contribution >= 4 is 12.0 Å². The normalized spacial score (nSPS) is 10.7. The molecule has 0 aliphatic heterocycles. The van der Waals surface area contributed by atoms with Crippen LogP contribution in [0.25, 0.3) is 6.08 Å². The van der Waals surface area contributed by atoms with Crippen LogP contribution >= 0.6 is 0 Å². The molecule has 0 atom stereocenters. The zero-order chi connectivity index (χ0) is 13.3. The van der Waals surface area contributed by atoms with Gasteiger partial charge in [-0.05, 0) is 18.1 Å². The van der Waals surface area contributed by atoms with Crippen LogP contribution in [-0.2, 0) is 11.3 Å². The lowest BCUT2D eigenvalue weighted by Crippen LogP contribution is -2.22. The zero-order valence-electron chi connectivity index (χ0n) is 10.7. The average molecular weight is 255 g/mol. The summed E-state index contributed by atoms with van der Waals surface area (Å²) in [5.41, 5.74) is 1.02. The number of nitrogens with one attached hydrogen (secondary N) is 1. The quantitative estimate of drug-likeness (QED) is 0.634. The Kier molecular flexibility index (Phi) is 4.93. The number of benzene rings is 1. The van der Waals surface area contributed by atoms with E-state index in [1.807, 2.05) is 47.2 Å². The van der Waals surface area contributed by atoms with Gasteiger partial charge in [0, 0.05) is 31.6 Å². The Morgan fingerprint density at radius 2 is 2.16 bits per heavy atom. The van der Waals surface area contributed by atoms with Crippen molar-refractivity contribution in [2.45, 2.75) is 13.0 Å². The number of imidazole rings is 1. The standard InChI is InChI=1S/C15H17N3O/c19-15(8-7-14-5-2-1-3-6-14)17-9-4-11-18-12-10-16-13-18/h1-3,5-8,10,12-13H,4,9,11H2,(H,17,19). The Morgan fingerprint density at radius 1 is 1.32 bits per heavy atom. The van der Waals surface area contributed by atoms with Gasteiger partial charge < -0.3 is 9.88 Å². The Bertz CT molecular complexity index is 518. The molecule has 1 N–H and O–H groups in total. The van der Waals surface area contributed by atoms with E-state index in [9.17, 15) is 4.79 Å². The maximum atomic E-state index is 11.6. The van der Waals surface area contributed by atoms with Crippen molar-refractivity contribution in [1.29, 1.82) is 0 Å². The van der Waals surface area contributed by atoms with Gasteiger partial charge in [-0.25, -0.2) is 4.98 Å². The summed E-state index contributed by atoms with van der Waals surface area (Å²) in [4.78, 5) is 15.5. The molecule has 98 valence electrons. The van der Waals surface area contributed by atoms with E-state index in [4.69, 9.17) is 0 Å². The lowest BCUT2D eigenvalue weighted by Gasteiger charge is -2.03. The molecular formula is C15H17N3O. The van der Waals surface area contributed by atoms with Crippen LogP contribution in [0.5, 0.6) is 0 Å². The number of carbonyl (C=O) groups is 1. The monoisotopic (exact) mass is 255 g/mol. The highest BCUT2D eigenvalue weighted by molar-refractivity contribution is 5.91. The van der Waals surface area contributed by atoms with Crippen LogP contribution in [-0.4, -0.2) is 22.0 Å². The molecule has 2 aromatic rings. The van der Waals surface area contributed by atoms with Crippen molar-refractivity contribution in [3.63, 3.8) is 0 Å². The Labute approximate surface area is 112 Å². The molecule has 0 unspecified atom stereocenters. The van der Waals surface area contributed by atoms with Crippen LogP contribution in [0.4, 0.5) is 0 Å². The first-order valence-corrected chi connectivity index (χ1v) is 6.31. The van der Waals surface area contributed by atoms with Crippen LogP contribution in [0.2, 0.25) is 0 Å². The van der Waals surface area contributed by atoms with Crippen LogP contribution in [0, 0.1) is 0 Å². The van der Waals surface area contributed by atoms with Gasteiger partial charge in [0.25, 0.3) is 0 Å². The molecule has 0 saturated heterocycles. The van der Waals surface area contributed by atoms with E-state index < -0.39 is 0 Å². The molecule has 0 aliphatic carbocycles. The van der Waals surface area contributed by atoms with E-state index >= 15 is 0 Å². The molecule has 1 amide bonds. The number of rotatable bonds is 6. The molecule has 1 aromatic carbocycles. The predicted molar refractivity (Wildman–Crippen MR) is 75.3 cm³/mol. The van der Waals surface area contributed by atoms with Gasteiger partial charge in [0.1, 0.15) is 0 Å². The minimum Gasteiger partial charge on any atom is -0.352 e. The summed E-state index contributed by atoms with van der Waals surface area (Å²) in [5.74, 6) is -0.0607. The molecule has 0 spiro atoms. The van der Waals surface area contributed by atoms with E-state index in [2.05, 4.69) is 10.3 Å². The SMILES string of the molecule is O=C(C=Cc1ccccc1)NCCCn1ccnc1. The second-order valence-corrected chi connectivity index (χ2v) is 4.19. The summed E-state index contributed by atoms with van der Waals surface area (Å²) in [6.45, 7) is 1.53. The van der Waals surface area contributed by atoms with Gasteiger partial charge in [-0.1, -0.05) is 30.3 Å². The number of carbonyl (C=O) groups excluding carboxylic acids is 1. The first kappa shape index (κ1) is 13.1. The first-order valence-electron chi connectivity index (χ1n) is 6.31. The number of nitrogens with zero attached hydrogens (tertiary/aromatic N) is 2. The average Bonchev–Trinajstić information content (AvgIpc) is 2.96. The summed E-state index contributed by atoms with van der Waals surface area (Å²) in [6.07, 6.45) is 9.70. The number of hydrogen-bond acceptors (Lipinski definition) is 2. The fraction of sp³-hybridized carbons (Fsp3) is 0.200. The van der Waals surface area contributed by atoms with Crippen LogP contribution < -0.4 is 5.32 Å². The molecule has 0 aliphatic rings. The molecule has 0 fully saturated rings. The van der Waals surface area contributed by atoms with Crippen LogP contribution in [0.15, 0.2) is 55.1 Å². The van der Waals surface area contributed by atoms with E-state index in [1.165, 1.54) is 0 Å². The van der Waals surface area contributed by atoms with Gasteiger partial charge in [-0.3, -0.25) is 4.79 Å². The van der Waals surface area contributed by atoms with Crippen molar-refractivity contribution in [2.24, 2.45) is 0 Å². The van der Waals surface area contributed by atoms with Gasteiger partial charge in [-0.15, -0.1) is 0 Å². The van der Waals surface area contributed by atoms with Gasteiger partial charge in [0.2, 0.25) is 5.91 Å². The maximum Gasteiger partial charge on any atom is 0.244 e. The number of aryl methyl sites for hydroxylation is 1. The molecule has 2 rings (SSSR count). The number of aromatic nitrogens is 2. The Morgan fingerprint density at radius 3 is 2.89 bits per heavy atom. The van der Waals surface area contributed by atoms with Crippen LogP contribution in [0.1, 0.15) is 12.0 Å². The second kappa shape index (κ2) is 7.16. The molecule has 0 radical (unpaired) electrons. The molecule has 1 aromatic heterocycles. The molecule has 1 heterocycles. The van der Waals surface area contributed by atoms with E-state index in [1.54, 1.807) is 18.6 Å². The van der Waals surface area contributed by atoms with E-state index in [-0.39, 0.29) is 5.91 Å². The second-order valence-electron chi connectivity index (χ2n) is 4.19. The fourth-order valence-electron chi connectivity index (χ4n) is 1.69. The first-order chi connectivity index (χ1) is 9.34. The van der Waals surface area contributed by atoms with E-state index in [0.29, 0.717) is 6.54 Å². The summed E-state index contributed by atoms with van der Waals surface area (Å²) >= 11 is 0. The molecule has 4 heteroatoms. The van der Waals surface area contributed by atoms with Crippen LogP contribution in [0.3, 0.4) is 0 Å². The summed E-state index contributed by atoms with van der Waals surface area (Å²) in [6, 6.07) is 9.77. The van der Waals surface area contributed by atoms with Gasteiger partial charge in [-0.2, -0.15) is 0 Å². The lowest BCUT2D eigenvalue weighted by molar-refractivity contribution is -0.116. The fourth-order valence-corrected chi connectivity index (χ4v) is 1.69.